The third-order valence-electron chi connectivity index (χ3n) is 4.17. The minimum absolute atomic E-state index is 0.163. The molecular weight excluding hydrogens is 244 g/mol. The molecule has 19 heavy (non-hydrogen) atoms. The molecule has 0 amide bonds. The fourth-order valence-electron chi connectivity index (χ4n) is 2.85. The molecule has 0 saturated heterocycles. The zero-order valence-electron chi connectivity index (χ0n) is 11.4. The molecule has 2 aliphatic rings. The first-order valence-electron chi connectivity index (χ1n) is 7.08. The van der Waals surface area contributed by atoms with Crippen LogP contribution >= 0.6 is 0 Å². The van der Waals surface area contributed by atoms with Gasteiger partial charge in [0.05, 0.1) is 4.92 Å². The summed E-state index contributed by atoms with van der Waals surface area (Å²) in [7, 11) is 1.78. The monoisotopic (exact) mass is 264 g/mol. The zero-order valence-corrected chi connectivity index (χ0v) is 11.4. The lowest BCUT2D eigenvalue weighted by atomic mass is 10.1. The van der Waals surface area contributed by atoms with Gasteiger partial charge < -0.3 is 5.32 Å². The molecule has 0 aliphatic heterocycles. The van der Waals surface area contributed by atoms with Crippen molar-refractivity contribution in [2.24, 2.45) is 18.9 Å². The Morgan fingerprint density at radius 1 is 1.42 bits per heavy atom. The summed E-state index contributed by atoms with van der Waals surface area (Å²) in [6.45, 7) is 1.90. The Morgan fingerprint density at radius 3 is 2.42 bits per heavy atom. The number of hydrogen-bond acceptors (Lipinski definition) is 4. The van der Waals surface area contributed by atoms with Gasteiger partial charge in [0.25, 0.3) is 0 Å². The van der Waals surface area contributed by atoms with Gasteiger partial charge in [0, 0.05) is 13.1 Å². The van der Waals surface area contributed by atoms with Crippen molar-refractivity contribution in [2.45, 2.75) is 45.1 Å². The predicted molar refractivity (Wildman–Crippen MR) is 72.1 cm³/mol. The van der Waals surface area contributed by atoms with Gasteiger partial charge in [-0.3, -0.25) is 10.1 Å². The number of rotatable bonds is 6. The largest absolute Gasteiger partial charge is 0.361 e. The highest BCUT2D eigenvalue weighted by Crippen LogP contribution is 2.46. The molecule has 3 rings (SSSR count). The Labute approximate surface area is 112 Å². The Hall–Kier alpha value is -1.59. The van der Waals surface area contributed by atoms with Crippen molar-refractivity contribution >= 4 is 11.5 Å². The maximum Gasteiger partial charge on any atom is 0.333 e. The van der Waals surface area contributed by atoms with Crippen LogP contribution in [0.25, 0.3) is 0 Å². The van der Waals surface area contributed by atoms with E-state index in [0.29, 0.717) is 35.8 Å². The molecule has 1 N–H and O–H groups in total. The van der Waals surface area contributed by atoms with Crippen LogP contribution in [0, 0.1) is 22.0 Å². The van der Waals surface area contributed by atoms with Crippen molar-refractivity contribution in [3.8, 4) is 0 Å². The van der Waals surface area contributed by atoms with E-state index in [-0.39, 0.29) is 10.6 Å². The van der Waals surface area contributed by atoms with Crippen LogP contribution in [0.3, 0.4) is 0 Å². The van der Waals surface area contributed by atoms with E-state index in [1.165, 1.54) is 25.7 Å². The molecule has 104 valence electrons. The van der Waals surface area contributed by atoms with Crippen molar-refractivity contribution < 1.29 is 4.92 Å². The van der Waals surface area contributed by atoms with Gasteiger partial charge >= 0.3 is 5.69 Å². The highest BCUT2D eigenvalue weighted by molar-refractivity contribution is 5.60. The lowest BCUT2D eigenvalue weighted by molar-refractivity contribution is -0.384. The highest BCUT2D eigenvalue weighted by atomic mass is 16.6. The lowest BCUT2D eigenvalue weighted by Crippen LogP contribution is -2.26. The zero-order chi connectivity index (χ0) is 13.6. The summed E-state index contributed by atoms with van der Waals surface area (Å²) >= 11 is 0. The van der Waals surface area contributed by atoms with Gasteiger partial charge in [-0.2, -0.15) is 5.10 Å². The second kappa shape index (κ2) is 4.51. The quantitative estimate of drug-likeness (QED) is 0.633. The van der Waals surface area contributed by atoms with E-state index >= 15 is 0 Å². The van der Waals surface area contributed by atoms with Crippen LogP contribution in [0.4, 0.5) is 11.5 Å². The Balaban J connectivity index is 1.90. The fourth-order valence-corrected chi connectivity index (χ4v) is 2.85. The van der Waals surface area contributed by atoms with Crippen LogP contribution in [0.15, 0.2) is 0 Å². The van der Waals surface area contributed by atoms with E-state index in [4.69, 9.17) is 0 Å². The summed E-state index contributed by atoms with van der Waals surface area (Å²) in [6, 6.07) is 0.402. The average molecular weight is 264 g/mol. The van der Waals surface area contributed by atoms with Crippen molar-refractivity contribution in [3.05, 3.63) is 15.8 Å². The SMILES string of the molecule is CCc1nn(C)c(NC(C2CC2)C2CC2)c1[N+](=O)[O-]. The number of aryl methyl sites for hydroxylation is 2. The molecule has 6 nitrogen and oxygen atoms in total. The molecule has 1 aromatic rings. The van der Waals surface area contributed by atoms with Crippen LogP contribution in [0.1, 0.15) is 38.3 Å². The number of nitrogens with one attached hydrogen (secondary N) is 1. The van der Waals surface area contributed by atoms with Gasteiger partial charge in [-0.25, -0.2) is 4.68 Å². The molecule has 2 fully saturated rings. The standard InChI is InChI=1S/C13H20N4O2/c1-3-10-12(17(18)19)13(16(2)15-10)14-11(8-4-5-8)9-6-7-9/h8-9,11,14H,3-7H2,1-2H3. The maximum atomic E-state index is 11.3. The third kappa shape index (κ3) is 2.31. The first kappa shape index (κ1) is 12.4. The number of aromatic nitrogens is 2. The van der Waals surface area contributed by atoms with Crippen LogP contribution < -0.4 is 5.32 Å². The van der Waals surface area contributed by atoms with Crippen molar-refractivity contribution in [1.29, 1.82) is 0 Å². The van der Waals surface area contributed by atoms with E-state index in [1.807, 2.05) is 6.92 Å². The minimum Gasteiger partial charge on any atom is -0.361 e. The minimum atomic E-state index is -0.301. The fraction of sp³-hybridized carbons (Fsp3) is 0.769. The number of nitro groups is 1. The molecule has 2 saturated carbocycles. The van der Waals surface area contributed by atoms with Gasteiger partial charge in [0.2, 0.25) is 5.82 Å². The summed E-state index contributed by atoms with van der Waals surface area (Å²) in [5.74, 6) is 1.99. The summed E-state index contributed by atoms with van der Waals surface area (Å²) < 4.78 is 1.63. The summed E-state index contributed by atoms with van der Waals surface area (Å²) in [6.07, 6.45) is 5.59. The smallest absolute Gasteiger partial charge is 0.333 e. The molecule has 0 unspecified atom stereocenters. The van der Waals surface area contributed by atoms with Crippen LogP contribution in [-0.4, -0.2) is 20.7 Å². The van der Waals surface area contributed by atoms with Crippen LogP contribution in [0.5, 0.6) is 0 Å². The lowest BCUT2D eigenvalue weighted by Gasteiger charge is -2.18. The van der Waals surface area contributed by atoms with Crippen molar-refractivity contribution in [1.82, 2.24) is 9.78 Å². The average Bonchev–Trinajstić information content (AvgIpc) is 3.23. The first-order chi connectivity index (χ1) is 9.11. The Kier molecular flexibility index (Phi) is 2.95. The molecular formula is C13H20N4O2. The molecule has 0 radical (unpaired) electrons. The molecule has 0 aromatic carbocycles. The van der Waals surface area contributed by atoms with E-state index in [1.54, 1.807) is 11.7 Å². The van der Waals surface area contributed by atoms with E-state index in [9.17, 15) is 10.1 Å². The summed E-state index contributed by atoms with van der Waals surface area (Å²) in [5, 5.41) is 19.0. The van der Waals surface area contributed by atoms with Gasteiger partial charge in [-0.1, -0.05) is 6.92 Å². The molecule has 2 aliphatic carbocycles. The van der Waals surface area contributed by atoms with Crippen molar-refractivity contribution in [3.63, 3.8) is 0 Å². The molecule has 6 heteroatoms. The molecule has 1 heterocycles. The third-order valence-corrected chi connectivity index (χ3v) is 4.17. The topological polar surface area (TPSA) is 73.0 Å². The number of anilines is 1. The van der Waals surface area contributed by atoms with Gasteiger partial charge in [-0.15, -0.1) is 0 Å². The predicted octanol–water partition coefficient (Wildman–Crippen LogP) is 2.49. The Morgan fingerprint density at radius 2 is 2.00 bits per heavy atom. The van der Waals surface area contributed by atoms with E-state index in [2.05, 4.69) is 10.4 Å². The van der Waals surface area contributed by atoms with Gasteiger partial charge in [0.1, 0.15) is 5.69 Å². The van der Waals surface area contributed by atoms with E-state index < -0.39 is 0 Å². The van der Waals surface area contributed by atoms with Gasteiger partial charge in [-0.05, 0) is 43.9 Å². The van der Waals surface area contributed by atoms with Crippen molar-refractivity contribution in [2.75, 3.05) is 5.32 Å². The molecule has 0 bridgehead atoms. The van der Waals surface area contributed by atoms with Gasteiger partial charge in [0.15, 0.2) is 0 Å². The molecule has 0 atom stereocenters. The maximum absolute atomic E-state index is 11.3. The highest BCUT2D eigenvalue weighted by Gasteiger charge is 2.43. The summed E-state index contributed by atoms with van der Waals surface area (Å²) in [5.41, 5.74) is 0.733. The van der Waals surface area contributed by atoms with E-state index in [0.717, 1.165) is 0 Å². The number of hydrogen-bond donors (Lipinski definition) is 1. The normalized spacial score (nSPS) is 18.9. The molecule has 0 spiro atoms. The summed E-state index contributed by atoms with van der Waals surface area (Å²) in [4.78, 5) is 11.0. The second-order valence-corrected chi connectivity index (χ2v) is 5.72. The first-order valence-corrected chi connectivity index (χ1v) is 7.08. The number of nitrogens with zero attached hydrogens (tertiary/aromatic N) is 3. The van der Waals surface area contributed by atoms with Crippen LogP contribution in [-0.2, 0) is 13.5 Å². The molecule has 1 aromatic heterocycles. The second-order valence-electron chi connectivity index (χ2n) is 5.72. The Bertz CT molecular complexity index is 491. The van der Waals surface area contributed by atoms with Crippen LogP contribution in [0.2, 0.25) is 0 Å².